The van der Waals surface area contributed by atoms with Crippen molar-refractivity contribution in [2.24, 2.45) is 0 Å². The summed E-state index contributed by atoms with van der Waals surface area (Å²) in [6.07, 6.45) is -6.92. The molecule has 266 valence electrons. The number of ether oxygens (including phenoxy) is 2. The Morgan fingerprint density at radius 1 is 0.918 bits per heavy atom. The van der Waals surface area contributed by atoms with Crippen molar-refractivity contribution >= 4 is 40.3 Å². The molecule has 2 aromatic heterocycles. The Morgan fingerprint density at radius 2 is 1.53 bits per heavy atom. The van der Waals surface area contributed by atoms with Crippen molar-refractivity contribution in [3.8, 4) is 22.9 Å². The van der Waals surface area contributed by atoms with Gasteiger partial charge in [0.25, 0.3) is 5.91 Å². The van der Waals surface area contributed by atoms with E-state index < -0.39 is 30.1 Å². The maximum atomic E-state index is 14.6. The van der Waals surface area contributed by atoms with Gasteiger partial charge in [-0.2, -0.15) is 31.4 Å². The van der Waals surface area contributed by atoms with Gasteiger partial charge in [0.15, 0.2) is 24.0 Å². The first-order chi connectivity index (χ1) is 22.6. The number of nitrogens with one attached hydrogen (secondary N) is 3. The average Bonchev–Trinajstić information content (AvgIpc) is 3.49. The van der Waals surface area contributed by atoms with E-state index in [4.69, 9.17) is 29.3 Å². The van der Waals surface area contributed by atoms with Crippen LogP contribution in [0.25, 0.3) is 22.3 Å². The van der Waals surface area contributed by atoms with E-state index in [1.54, 1.807) is 43.6 Å². The molecule has 2 heterocycles. The van der Waals surface area contributed by atoms with E-state index in [2.05, 4.69) is 30.8 Å². The molecule has 2 aromatic carbocycles. The van der Waals surface area contributed by atoms with E-state index in [0.29, 0.717) is 39.5 Å². The number of rotatable bonds is 8. The third-order valence-electron chi connectivity index (χ3n) is 5.28. The van der Waals surface area contributed by atoms with Crippen molar-refractivity contribution in [1.29, 1.82) is 0 Å². The van der Waals surface area contributed by atoms with Crippen molar-refractivity contribution in [3.63, 3.8) is 0 Å². The first-order valence-electron chi connectivity index (χ1n) is 13.7. The fraction of sp³-hybridized carbons (Fsp3) is 0.310. The first kappa shape index (κ1) is 39.5. The van der Waals surface area contributed by atoms with Crippen LogP contribution >= 0.6 is 0 Å². The van der Waals surface area contributed by atoms with E-state index in [-0.39, 0.29) is 30.4 Å². The van der Waals surface area contributed by atoms with Gasteiger partial charge in [0.2, 0.25) is 0 Å². The molecular weight excluding hydrogens is 677 g/mol. The molecule has 4 aromatic rings. The summed E-state index contributed by atoms with van der Waals surface area (Å²) in [5.41, 5.74) is 1.46. The molecule has 0 saturated heterocycles. The number of amides is 1. The Hall–Kier alpha value is -5.69. The lowest BCUT2D eigenvalue weighted by molar-refractivity contribution is -0.193. The SMILES string of the molecule is CCOc1c(F)ccc2nc(-c3cccc(OCC(=O)NC(C)(C)C)c3)nc(Nc3cn[nH]c3)c12.O=C(O)C(F)(F)F.O=C(O)C(F)(F)F. The molecule has 5 N–H and O–H groups in total. The lowest BCUT2D eigenvalue weighted by Gasteiger charge is -2.20. The number of alkyl halides is 6. The van der Waals surface area contributed by atoms with Gasteiger partial charge in [-0.05, 0) is 52.0 Å². The minimum Gasteiger partial charge on any atom is -0.490 e. The first-order valence-corrected chi connectivity index (χ1v) is 13.7. The van der Waals surface area contributed by atoms with Crippen LogP contribution in [0.4, 0.5) is 42.2 Å². The van der Waals surface area contributed by atoms with Crippen LogP contribution in [0.5, 0.6) is 11.5 Å². The van der Waals surface area contributed by atoms with Gasteiger partial charge in [-0.3, -0.25) is 9.89 Å². The number of fused-ring (bicyclic) bond motifs is 1. The minimum absolute atomic E-state index is 0.0736. The Kier molecular flexibility index (Phi) is 13.2. The zero-order chi connectivity index (χ0) is 37.2. The summed E-state index contributed by atoms with van der Waals surface area (Å²) in [5.74, 6) is -4.91. The number of carbonyl (C=O) groups is 3. The Labute approximate surface area is 272 Å². The molecule has 0 fully saturated rings. The van der Waals surface area contributed by atoms with Crippen LogP contribution in [-0.2, 0) is 14.4 Å². The zero-order valence-electron chi connectivity index (χ0n) is 26.0. The average molecular weight is 707 g/mol. The molecule has 20 heteroatoms. The van der Waals surface area contributed by atoms with Gasteiger partial charge in [-0.25, -0.2) is 23.9 Å². The summed E-state index contributed by atoms with van der Waals surface area (Å²) >= 11 is 0. The van der Waals surface area contributed by atoms with Crippen LogP contribution in [0.15, 0.2) is 48.8 Å². The molecule has 0 aliphatic rings. The van der Waals surface area contributed by atoms with Gasteiger partial charge in [0, 0.05) is 17.3 Å². The van der Waals surface area contributed by atoms with Gasteiger partial charge >= 0.3 is 24.3 Å². The number of hydrogen-bond donors (Lipinski definition) is 5. The zero-order valence-corrected chi connectivity index (χ0v) is 26.0. The molecule has 49 heavy (non-hydrogen) atoms. The summed E-state index contributed by atoms with van der Waals surface area (Å²) in [4.78, 5) is 39.2. The van der Waals surface area contributed by atoms with E-state index in [0.717, 1.165) is 0 Å². The number of anilines is 2. The number of aromatic amines is 1. The van der Waals surface area contributed by atoms with Crippen LogP contribution in [0.1, 0.15) is 27.7 Å². The standard InChI is InChI=1S/C25H27FN6O3.2C2HF3O2/c1-5-34-22-18(26)9-10-19-21(22)24(29-16-12-27-28-13-16)31-23(30-19)15-7-6-8-17(11-15)35-14-20(33)32-25(2,3)4;2*3-2(4,5)1(6)7/h6-13H,5,14H2,1-4H3,(H,27,28)(H,32,33)(H,29,30,31);2*(H,6,7). The van der Waals surface area contributed by atoms with Gasteiger partial charge in [-0.15, -0.1) is 0 Å². The highest BCUT2D eigenvalue weighted by Crippen LogP contribution is 2.36. The molecule has 0 aliphatic carbocycles. The molecule has 0 saturated carbocycles. The van der Waals surface area contributed by atoms with E-state index >= 15 is 0 Å². The second-order valence-electron chi connectivity index (χ2n) is 10.4. The van der Waals surface area contributed by atoms with Crippen LogP contribution in [0.3, 0.4) is 0 Å². The van der Waals surface area contributed by atoms with Gasteiger partial charge in [-0.1, -0.05) is 12.1 Å². The molecule has 0 bridgehead atoms. The Bertz CT molecular complexity index is 1720. The van der Waals surface area contributed by atoms with Crippen molar-refractivity contribution < 1.29 is 64.8 Å². The predicted octanol–water partition coefficient (Wildman–Crippen LogP) is 5.86. The molecular formula is C29H29F7N6O7. The van der Waals surface area contributed by atoms with Crippen molar-refractivity contribution in [3.05, 3.63) is 54.6 Å². The number of aromatic nitrogens is 4. The smallest absolute Gasteiger partial charge is 0.490 e. The summed E-state index contributed by atoms with van der Waals surface area (Å²) in [5, 5.41) is 27.4. The number of carboxylic acids is 2. The normalized spacial score (nSPS) is 11.3. The number of carboxylic acid groups (broad SMARTS) is 2. The van der Waals surface area contributed by atoms with E-state index in [9.17, 15) is 35.5 Å². The van der Waals surface area contributed by atoms with Gasteiger partial charge < -0.3 is 30.3 Å². The van der Waals surface area contributed by atoms with E-state index in [1.807, 2.05) is 26.8 Å². The summed E-state index contributed by atoms with van der Waals surface area (Å²) in [6.45, 7) is 7.65. The summed E-state index contributed by atoms with van der Waals surface area (Å²) < 4.78 is 89.4. The quantitative estimate of drug-likeness (QED) is 0.138. The fourth-order valence-electron chi connectivity index (χ4n) is 3.46. The largest absolute Gasteiger partial charge is 0.490 e. The number of halogens is 7. The molecule has 0 unspecified atom stereocenters. The summed E-state index contributed by atoms with van der Waals surface area (Å²) in [7, 11) is 0. The number of aliphatic carboxylic acids is 2. The van der Waals surface area contributed by atoms with Crippen LogP contribution < -0.4 is 20.1 Å². The van der Waals surface area contributed by atoms with Gasteiger partial charge in [0.1, 0.15) is 11.6 Å². The molecule has 0 aliphatic heterocycles. The molecule has 0 spiro atoms. The highest BCUT2D eigenvalue weighted by Gasteiger charge is 2.38. The highest BCUT2D eigenvalue weighted by atomic mass is 19.4. The second kappa shape index (κ2) is 16.4. The number of nitrogens with zero attached hydrogens (tertiary/aromatic N) is 3. The highest BCUT2D eigenvalue weighted by molar-refractivity contribution is 5.97. The number of H-pyrrole nitrogens is 1. The third-order valence-corrected chi connectivity index (χ3v) is 5.28. The Morgan fingerprint density at radius 3 is 2.04 bits per heavy atom. The monoisotopic (exact) mass is 706 g/mol. The fourth-order valence-corrected chi connectivity index (χ4v) is 3.46. The van der Waals surface area contributed by atoms with Crippen molar-refractivity contribution in [2.75, 3.05) is 18.5 Å². The van der Waals surface area contributed by atoms with Crippen molar-refractivity contribution in [1.82, 2.24) is 25.5 Å². The van der Waals surface area contributed by atoms with Crippen LogP contribution in [0, 0.1) is 5.82 Å². The second-order valence-corrected chi connectivity index (χ2v) is 10.4. The molecule has 0 atom stereocenters. The number of hydrogen-bond acceptors (Lipinski definition) is 9. The van der Waals surface area contributed by atoms with Crippen LogP contribution in [-0.4, -0.2) is 79.3 Å². The summed E-state index contributed by atoms with van der Waals surface area (Å²) in [6, 6.07) is 10.0. The lowest BCUT2D eigenvalue weighted by atomic mass is 10.1. The third kappa shape index (κ3) is 12.8. The molecule has 0 radical (unpaired) electrons. The lowest BCUT2D eigenvalue weighted by Crippen LogP contribution is -2.43. The molecule has 13 nitrogen and oxygen atoms in total. The Balaban J connectivity index is 0.000000500. The maximum absolute atomic E-state index is 14.6. The van der Waals surface area contributed by atoms with E-state index in [1.165, 1.54) is 6.07 Å². The number of benzene rings is 2. The molecule has 4 rings (SSSR count). The number of carbonyl (C=O) groups excluding carboxylic acids is 1. The predicted molar refractivity (Wildman–Crippen MR) is 159 cm³/mol. The molecule has 1 amide bonds. The topological polar surface area (TPSA) is 189 Å². The van der Waals surface area contributed by atoms with Gasteiger partial charge in [0.05, 0.1) is 29.4 Å². The van der Waals surface area contributed by atoms with Crippen molar-refractivity contribution in [2.45, 2.75) is 45.6 Å². The van der Waals surface area contributed by atoms with Crippen LogP contribution in [0.2, 0.25) is 0 Å². The maximum Gasteiger partial charge on any atom is 0.490 e. The minimum atomic E-state index is -5.08.